The number of hydrogen-bond acceptors (Lipinski definition) is 6. The van der Waals surface area contributed by atoms with Gasteiger partial charge in [-0.15, -0.1) is 13.2 Å². The molecule has 1 heterocycles. The minimum absolute atomic E-state index is 0.0517. The summed E-state index contributed by atoms with van der Waals surface area (Å²) >= 11 is 0. The van der Waals surface area contributed by atoms with E-state index in [1.807, 2.05) is 0 Å². The molecule has 31 heavy (non-hydrogen) atoms. The zero-order valence-corrected chi connectivity index (χ0v) is 17.7. The first-order valence-corrected chi connectivity index (χ1v) is 10.8. The van der Waals surface area contributed by atoms with Crippen LogP contribution in [0.1, 0.15) is 20.8 Å². The SMILES string of the molecule is C[C@@H]1OC(C)(C)O[C@H]1/C=C/S(=O)(=O)c1ccc(Oc2ccc(OC(F)(F)F)cc2)cc1. The van der Waals surface area contributed by atoms with Crippen LogP contribution >= 0.6 is 0 Å². The molecule has 0 amide bonds. The Labute approximate surface area is 178 Å². The van der Waals surface area contributed by atoms with E-state index in [9.17, 15) is 21.6 Å². The standard InChI is InChI=1S/C21H21F3O6S/c1-14-19(30-20(2,3)28-14)12-13-31(25,26)18-10-8-16(9-11-18)27-15-4-6-17(7-5-15)29-21(22,23)24/h4-14,19H,1-3H3/b13-12+/t14-,19-/m0/s1. The normalized spacial score (nSPS) is 21.4. The zero-order valence-electron chi connectivity index (χ0n) is 16.9. The number of benzene rings is 2. The van der Waals surface area contributed by atoms with Gasteiger partial charge in [0.1, 0.15) is 23.4 Å². The second-order valence-electron chi connectivity index (χ2n) is 7.27. The van der Waals surface area contributed by atoms with Gasteiger partial charge in [-0.2, -0.15) is 0 Å². The van der Waals surface area contributed by atoms with E-state index in [1.165, 1.54) is 42.5 Å². The van der Waals surface area contributed by atoms with Crippen LogP contribution < -0.4 is 9.47 Å². The Hall–Kier alpha value is -2.56. The van der Waals surface area contributed by atoms with Crippen molar-refractivity contribution >= 4 is 9.84 Å². The number of halogens is 3. The summed E-state index contributed by atoms with van der Waals surface area (Å²) in [5, 5.41) is 1.08. The summed E-state index contributed by atoms with van der Waals surface area (Å²) in [6.07, 6.45) is -4.10. The van der Waals surface area contributed by atoms with E-state index >= 15 is 0 Å². The predicted octanol–water partition coefficient (Wildman–Crippen LogP) is 5.20. The number of rotatable bonds is 6. The topological polar surface area (TPSA) is 71.1 Å². The van der Waals surface area contributed by atoms with Crippen molar-refractivity contribution in [1.29, 1.82) is 0 Å². The van der Waals surface area contributed by atoms with Crippen molar-refractivity contribution in [3.63, 3.8) is 0 Å². The summed E-state index contributed by atoms with van der Waals surface area (Å²) in [6.45, 7) is 5.30. The van der Waals surface area contributed by atoms with Crippen molar-refractivity contribution in [2.24, 2.45) is 0 Å². The maximum absolute atomic E-state index is 12.5. The molecule has 1 saturated heterocycles. The van der Waals surface area contributed by atoms with Crippen molar-refractivity contribution in [3.8, 4) is 17.2 Å². The minimum Gasteiger partial charge on any atom is -0.457 e. The molecule has 0 aromatic heterocycles. The summed E-state index contributed by atoms with van der Waals surface area (Å²) in [5.74, 6) is -0.577. The molecule has 0 N–H and O–H groups in total. The highest BCUT2D eigenvalue weighted by Crippen LogP contribution is 2.30. The molecule has 0 spiro atoms. The van der Waals surface area contributed by atoms with Crippen LogP contribution in [0, 0.1) is 0 Å². The molecular weight excluding hydrogens is 437 g/mol. The van der Waals surface area contributed by atoms with E-state index in [-0.39, 0.29) is 22.5 Å². The van der Waals surface area contributed by atoms with Crippen molar-refractivity contribution in [2.75, 3.05) is 0 Å². The van der Waals surface area contributed by atoms with E-state index in [0.29, 0.717) is 5.75 Å². The summed E-state index contributed by atoms with van der Waals surface area (Å²) in [6, 6.07) is 10.5. The van der Waals surface area contributed by atoms with Gasteiger partial charge in [0.15, 0.2) is 15.6 Å². The van der Waals surface area contributed by atoms with E-state index in [2.05, 4.69) is 4.74 Å². The number of ether oxygens (including phenoxy) is 4. The van der Waals surface area contributed by atoms with Gasteiger partial charge in [-0.3, -0.25) is 0 Å². The largest absolute Gasteiger partial charge is 0.573 e. The van der Waals surface area contributed by atoms with Gasteiger partial charge in [-0.25, -0.2) is 8.42 Å². The molecule has 6 nitrogen and oxygen atoms in total. The molecule has 1 aliphatic heterocycles. The van der Waals surface area contributed by atoms with Gasteiger partial charge in [0, 0.05) is 5.41 Å². The van der Waals surface area contributed by atoms with Crippen LogP contribution in [0.4, 0.5) is 13.2 Å². The lowest BCUT2D eigenvalue weighted by molar-refractivity contribution is -0.274. The fourth-order valence-corrected chi connectivity index (χ4v) is 4.00. The third kappa shape index (κ3) is 6.46. The summed E-state index contributed by atoms with van der Waals surface area (Å²) in [5.41, 5.74) is 0. The van der Waals surface area contributed by atoms with Gasteiger partial charge in [0.2, 0.25) is 0 Å². The Morgan fingerprint density at radius 1 is 0.935 bits per heavy atom. The molecule has 2 aromatic carbocycles. The molecule has 1 fully saturated rings. The minimum atomic E-state index is -4.77. The summed E-state index contributed by atoms with van der Waals surface area (Å²) < 4.78 is 82.2. The third-order valence-corrected chi connectivity index (χ3v) is 5.69. The second-order valence-corrected chi connectivity index (χ2v) is 9.11. The van der Waals surface area contributed by atoms with Crippen molar-refractivity contribution < 1.29 is 40.5 Å². The van der Waals surface area contributed by atoms with Gasteiger partial charge >= 0.3 is 6.36 Å². The highest BCUT2D eigenvalue weighted by atomic mass is 32.2. The highest BCUT2D eigenvalue weighted by molar-refractivity contribution is 7.94. The number of hydrogen-bond donors (Lipinski definition) is 0. The van der Waals surface area contributed by atoms with Crippen molar-refractivity contribution in [2.45, 2.75) is 50.0 Å². The molecule has 2 aromatic rings. The third-order valence-electron chi connectivity index (χ3n) is 4.24. The predicted molar refractivity (Wildman–Crippen MR) is 105 cm³/mol. The van der Waals surface area contributed by atoms with Gasteiger partial charge in [-0.05, 0) is 75.4 Å². The van der Waals surface area contributed by atoms with Gasteiger partial charge in [0.25, 0.3) is 0 Å². The van der Waals surface area contributed by atoms with Crippen LogP contribution in [0.2, 0.25) is 0 Å². The Morgan fingerprint density at radius 3 is 1.94 bits per heavy atom. The van der Waals surface area contributed by atoms with Crippen molar-refractivity contribution in [1.82, 2.24) is 0 Å². The van der Waals surface area contributed by atoms with Gasteiger partial charge in [0.05, 0.1) is 11.0 Å². The lowest BCUT2D eigenvalue weighted by Crippen LogP contribution is -2.20. The molecule has 168 valence electrons. The smallest absolute Gasteiger partial charge is 0.457 e. The van der Waals surface area contributed by atoms with Crippen LogP contribution in [0.15, 0.2) is 64.9 Å². The van der Waals surface area contributed by atoms with Crippen LogP contribution in [-0.4, -0.2) is 32.8 Å². The molecule has 10 heteroatoms. The van der Waals surface area contributed by atoms with E-state index in [0.717, 1.165) is 17.5 Å². The van der Waals surface area contributed by atoms with Crippen LogP contribution in [0.5, 0.6) is 17.2 Å². The van der Waals surface area contributed by atoms with E-state index < -0.39 is 28.1 Å². The van der Waals surface area contributed by atoms with Crippen LogP contribution in [0.3, 0.4) is 0 Å². The fraction of sp³-hybridized carbons (Fsp3) is 0.333. The lowest BCUT2D eigenvalue weighted by atomic mass is 10.2. The van der Waals surface area contributed by atoms with Crippen LogP contribution in [-0.2, 0) is 19.3 Å². The highest BCUT2D eigenvalue weighted by Gasteiger charge is 2.37. The Bertz CT molecular complexity index is 1030. The van der Waals surface area contributed by atoms with E-state index in [4.69, 9.17) is 14.2 Å². The van der Waals surface area contributed by atoms with E-state index in [1.54, 1.807) is 20.8 Å². The molecular formula is C21H21F3O6S. The first-order chi connectivity index (χ1) is 14.3. The molecule has 1 aliphatic rings. The molecule has 0 unspecified atom stereocenters. The van der Waals surface area contributed by atoms with Gasteiger partial charge in [-0.1, -0.05) is 0 Å². The number of alkyl halides is 3. The first-order valence-electron chi connectivity index (χ1n) is 9.26. The maximum atomic E-state index is 12.5. The summed E-state index contributed by atoms with van der Waals surface area (Å²) in [4.78, 5) is 0.0517. The number of sulfone groups is 1. The molecule has 0 aliphatic carbocycles. The Kier molecular flexibility index (Phi) is 6.35. The van der Waals surface area contributed by atoms with Crippen molar-refractivity contribution in [3.05, 3.63) is 60.0 Å². The fourth-order valence-electron chi connectivity index (χ4n) is 2.96. The van der Waals surface area contributed by atoms with Gasteiger partial charge < -0.3 is 18.9 Å². The average molecular weight is 458 g/mol. The Balaban J connectivity index is 1.65. The lowest BCUT2D eigenvalue weighted by Gasteiger charge is -2.15. The molecule has 0 bridgehead atoms. The quantitative estimate of drug-likeness (QED) is 0.592. The first kappa shape index (κ1) is 23.1. The molecule has 0 saturated carbocycles. The molecule has 3 rings (SSSR count). The second kappa shape index (κ2) is 8.52. The monoisotopic (exact) mass is 458 g/mol. The average Bonchev–Trinajstić information content (AvgIpc) is 2.93. The zero-order chi connectivity index (χ0) is 22.9. The Morgan fingerprint density at radius 2 is 1.45 bits per heavy atom. The molecule has 0 radical (unpaired) electrons. The molecule has 2 atom stereocenters. The maximum Gasteiger partial charge on any atom is 0.573 e. The summed E-state index contributed by atoms with van der Waals surface area (Å²) in [7, 11) is -3.72. The van der Waals surface area contributed by atoms with Crippen LogP contribution in [0.25, 0.3) is 0 Å².